The van der Waals surface area contributed by atoms with Crippen molar-refractivity contribution in [2.75, 3.05) is 5.32 Å². The first-order valence-electron chi connectivity index (χ1n) is 6.71. The number of nitrogens with one attached hydrogen (secondary N) is 1. The molecule has 0 atom stereocenters. The lowest BCUT2D eigenvalue weighted by atomic mass is 10.0. The summed E-state index contributed by atoms with van der Waals surface area (Å²) in [5.74, 6) is -0.0871. The van der Waals surface area contributed by atoms with E-state index in [0.717, 1.165) is 10.2 Å². The Balaban J connectivity index is 1.97. The summed E-state index contributed by atoms with van der Waals surface area (Å²) in [5.41, 5.74) is 1.38. The van der Waals surface area contributed by atoms with Crippen molar-refractivity contribution in [2.24, 2.45) is 5.92 Å². The maximum absolute atomic E-state index is 12.0. The number of benzene rings is 1. The summed E-state index contributed by atoms with van der Waals surface area (Å²) in [5, 5.41) is 2.81. The zero-order valence-electron chi connectivity index (χ0n) is 12.0. The van der Waals surface area contributed by atoms with Gasteiger partial charge in [0.05, 0.1) is 0 Å². The Morgan fingerprint density at radius 1 is 1.19 bits per heavy atom. The van der Waals surface area contributed by atoms with Crippen molar-refractivity contribution in [3.05, 3.63) is 52.8 Å². The zero-order valence-corrected chi connectivity index (χ0v) is 13.6. The number of hydrogen-bond donors (Lipinski definition) is 1. The largest absolute Gasteiger partial charge is 0.344 e. The van der Waals surface area contributed by atoms with Crippen molar-refractivity contribution >= 4 is 33.3 Å². The number of ketones is 1. The van der Waals surface area contributed by atoms with Gasteiger partial charge < -0.3 is 9.88 Å². The molecule has 0 radical (unpaired) electrons. The average molecular weight is 349 g/mol. The van der Waals surface area contributed by atoms with Crippen LogP contribution in [0.4, 0.5) is 5.69 Å². The van der Waals surface area contributed by atoms with Gasteiger partial charge in [0.25, 0.3) is 0 Å². The second-order valence-electron chi connectivity index (χ2n) is 5.15. The van der Waals surface area contributed by atoms with E-state index in [-0.39, 0.29) is 24.2 Å². The first-order valence-corrected chi connectivity index (χ1v) is 7.50. The molecule has 110 valence electrons. The van der Waals surface area contributed by atoms with Gasteiger partial charge in [-0.3, -0.25) is 9.59 Å². The predicted molar refractivity (Wildman–Crippen MR) is 86.4 cm³/mol. The molecule has 1 aromatic carbocycles. The molecule has 1 heterocycles. The van der Waals surface area contributed by atoms with Crippen molar-refractivity contribution in [1.29, 1.82) is 0 Å². The summed E-state index contributed by atoms with van der Waals surface area (Å²) >= 11 is 3.34. The molecule has 0 aliphatic heterocycles. The molecule has 1 amide bonds. The molecular formula is C16H17BrN2O2. The van der Waals surface area contributed by atoms with Gasteiger partial charge in [0.15, 0.2) is 5.78 Å². The van der Waals surface area contributed by atoms with Gasteiger partial charge in [0.1, 0.15) is 6.54 Å². The minimum atomic E-state index is -0.128. The molecule has 0 unspecified atom stereocenters. The van der Waals surface area contributed by atoms with E-state index in [0.29, 0.717) is 5.56 Å². The summed E-state index contributed by atoms with van der Waals surface area (Å²) in [6.45, 7) is 3.90. The lowest BCUT2D eigenvalue weighted by Crippen LogP contribution is -2.18. The molecule has 0 saturated heterocycles. The van der Waals surface area contributed by atoms with Crippen molar-refractivity contribution in [1.82, 2.24) is 4.57 Å². The van der Waals surface area contributed by atoms with Gasteiger partial charge in [-0.1, -0.05) is 29.8 Å². The molecule has 0 spiro atoms. The lowest BCUT2D eigenvalue weighted by Gasteiger charge is -2.06. The van der Waals surface area contributed by atoms with Crippen molar-refractivity contribution in [3.63, 3.8) is 0 Å². The van der Waals surface area contributed by atoms with E-state index >= 15 is 0 Å². The van der Waals surface area contributed by atoms with Crippen LogP contribution in [-0.2, 0) is 11.3 Å². The Morgan fingerprint density at radius 2 is 1.86 bits per heavy atom. The summed E-state index contributed by atoms with van der Waals surface area (Å²) in [6.07, 6.45) is 3.46. The van der Waals surface area contributed by atoms with Crippen LogP contribution in [0.2, 0.25) is 0 Å². The highest BCUT2D eigenvalue weighted by Gasteiger charge is 2.12. The second-order valence-corrected chi connectivity index (χ2v) is 6.06. The minimum Gasteiger partial charge on any atom is -0.344 e. The molecule has 0 fully saturated rings. The Labute approximate surface area is 132 Å². The molecule has 1 aromatic heterocycles. The van der Waals surface area contributed by atoms with Crippen LogP contribution in [0.25, 0.3) is 0 Å². The Morgan fingerprint density at radius 3 is 2.48 bits per heavy atom. The van der Waals surface area contributed by atoms with E-state index in [1.165, 1.54) is 0 Å². The number of Topliss-reactive ketones (excluding diaryl/α,β-unsaturated/α-hetero) is 1. The highest BCUT2D eigenvalue weighted by Crippen LogP contribution is 2.14. The van der Waals surface area contributed by atoms with E-state index in [1.807, 2.05) is 38.1 Å². The number of anilines is 1. The fourth-order valence-electron chi connectivity index (χ4n) is 1.92. The van der Waals surface area contributed by atoms with Gasteiger partial charge in [0, 0.05) is 34.0 Å². The molecule has 0 saturated carbocycles. The first-order chi connectivity index (χ1) is 9.95. The maximum Gasteiger partial charge on any atom is 0.244 e. The second kappa shape index (κ2) is 6.72. The Hall–Kier alpha value is -1.88. The molecule has 0 aliphatic carbocycles. The van der Waals surface area contributed by atoms with Crippen LogP contribution in [0, 0.1) is 5.92 Å². The summed E-state index contributed by atoms with van der Waals surface area (Å²) in [7, 11) is 0. The van der Waals surface area contributed by atoms with Gasteiger partial charge in [-0.05, 0) is 30.3 Å². The van der Waals surface area contributed by atoms with E-state index in [9.17, 15) is 9.59 Å². The number of rotatable bonds is 5. The molecule has 1 N–H and O–H groups in total. The Kier molecular flexibility index (Phi) is 4.96. The third-order valence-corrected chi connectivity index (χ3v) is 3.54. The van der Waals surface area contributed by atoms with Gasteiger partial charge in [-0.2, -0.15) is 0 Å². The van der Waals surface area contributed by atoms with E-state index in [2.05, 4.69) is 21.2 Å². The maximum atomic E-state index is 12.0. The van der Waals surface area contributed by atoms with Crippen LogP contribution in [0.5, 0.6) is 0 Å². The third kappa shape index (κ3) is 4.29. The fraction of sp³-hybridized carbons (Fsp3) is 0.250. The van der Waals surface area contributed by atoms with E-state index in [1.54, 1.807) is 23.0 Å². The quantitative estimate of drug-likeness (QED) is 0.837. The van der Waals surface area contributed by atoms with Crippen LogP contribution in [0.3, 0.4) is 0 Å². The molecule has 2 rings (SSSR count). The van der Waals surface area contributed by atoms with Crippen LogP contribution in [0.15, 0.2) is 47.2 Å². The number of hydrogen-bond acceptors (Lipinski definition) is 2. The SMILES string of the molecule is CC(C)C(=O)c1ccn(CC(=O)Nc2ccc(Br)cc2)c1. The van der Waals surface area contributed by atoms with Gasteiger partial charge in [-0.15, -0.1) is 0 Å². The number of carbonyl (C=O) groups is 2. The number of halogens is 1. The summed E-state index contributed by atoms with van der Waals surface area (Å²) in [4.78, 5) is 23.8. The molecule has 2 aromatic rings. The minimum absolute atomic E-state index is 0.0440. The number of carbonyl (C=O) groups excluding carboxylic acids is 2. The number of nitrogens with zero attached hydrogens (tertiary/aromatic N) is 1. The van der Waals surface area contributed by atoms with Crippen LogP contribution in [-0.4, -0.2) is 16.3 Å². The van der Waals surface area contributed by atoms with Crippen LogP contribution < -0.4 is 5.32 Å². The van der Waals surface area contributed by atoms with Crippen molar-refractivity contribution in [3.8, 4) is 0 Å². The lowest BCUT2D eigenvalue weighted by molar-refractivity contribution is -0.116. The monoisotopic (exact) mass is 348 g/mol. The standard InChI is InChI=1S/C16H17BrN2O2/c1-11(2)16(21)12-7-8-19(9-12)10-15(20)18-14-5-3-13(17)4-6-14/h3-9,11H,10H2,1-2H3,(H,18,20). The van der Waals surface area contributed by atoms with Crippen molar-refractivity contribution in [2.45, 2.75) is 20.4 Å². The third-order valence-electron chi connectivity index (χ3n) is 3.01. The fourth-order valence-corrected chi connectivity index (χ4v) is 2.18. The summed E-state index contributed by atoms with van der Waals surface area (Å²) in [6, 6.07) is 9.13. The average Bonchev–Trinajstić information content (AvgIpc) is 2.88. The zero-order chi connectivity index (χ0) is 15.4. The van der Waals surface area contributed by atoms with Crippen LogP contribution >= 0.6 is 15.9 Å². The normalized spacial score (nSPS) is 10.7. The highest BCUT2D eigenvalue weighted by molar-refractivity contribution is 9.10. The van der Waals surface area contributed by atoms with Crippen molar-refractivity contribution < 1.29 is 9.59 Å². The predicted octanol–water partition coefficient (Wildman–Crippen LogP) is 3.73. The number of amides is 1. The molecular weight excluding hydrogens is 332 g/mol. The van der Waals surface area contributed by atoms with E-state index < -0.39 is 0 Å². The topological polar surface area (TPSA) is 51.1 Å². The highest BCUT2D eigenvalue weighted by atomic mass is 79.9. The van der Waals surface area contributed by atoms with E-state index in [4.69, 9.17) is 0 Å². The van der Waals surface area contributed by atoms with Gasteiger partial charge in [-0.25, -0.2) is 0 Å². The molecule has 4 nitrogen and oxygen atoms in total. The molecule has 5 heteroatoms. The molecule has 21 heavy (non-hydrogen) atoms. The smallest absolute Gasteiger partial charge is 0.244 e. The molecule has 0 bridgehead atoms. The number of aromatic nitrogens is 1. The Bertz CT molecular complexity index is 645. The first kappa shape index (κ1) is 15.5. The van der Waals surface area contributed by atoms with Gasteiger partial charge in [0.2, 0.25) is 5.91 Å². The van der Waals surface area contributed by atoms with Gasteiger partial charge >= 0.3 is 0 Å². The summed E-state index contributed by atoms with van der Waals surface area (Å²) < 4.78 is 2.67. The van der Waals surface area contributed by atoms with Crippen LogP contribution in [0.1, 0.15) is 24.2 Å². The molecule has 0 aliphatic rings.